The lowest BCUT2D eigenvalue weighted by Crippen LogP contribution is -2.49. The molecule has 0 fully saturated rings. The fourth-order valence-electron chi connectivity index (χ4n) is 2.78. The highest BCUT2D eigenvalue weighted by atomic mass is 32.1. The van der Waals surface area contributed by atoms with Crippen molar-refractivity contribution in [3.05, 3.63) is 44.8 Å². The molecule has 7 nitrogen and oxygen atoms in total. The zero-order valence-electron chi connectivity index (χ0n) is 17.4. The van der Waals surface area contributed by atoms with E-state index in [2.05, 4.69) is 5.32 Å². The number of rotatable bonds is 10. The van der Waals surface area contributed by atoms with E-state index in [1.807, 2.05) is 35.0 Å². The Bertz CT molecular complexity index is 777. The van der Waals surface area contributed by atoms with Crippen molar-refractivity contribution in [1.29, 1.82) is 0 Å². The van der Waals surface area contributed by atoms with E-state index in [9.17, 15) is 14.4 Å². The van der Waals surface area contributed by atoms with E-state index in [4.69, 9.17) is 9.84 Å². The second kappa shape index (κ2) is 11.1. The van der Waals surface area contributed by atoms with Crippen molar-refractivity contribution in [3.63, 3.8) is 0 Å². The highest BCUT2D eigenvalue weighted by Gasteiger charge is 2.28. The number of nitrogens with zero attached hydrogens (tertiary/aromatic N) is 1. The number of aliphatic carboxylic acids is 1. The van der Waals surface area contributed by atoms with Gasteiger partial charge in [-0.2, -0.15) is 0 Å². The maximum atomic E-state index is 13.4. The lowest BCUT2D eigenvalue weighted by Gasteiger charge is -2.28. The van der Waals surface area contributed by atoms with Crippen LogP contribution in [0.4, 0.5) is 4.79 Å². The van der Waals surface area contributed by atoms with Crippen LogP contribution in [-0.4, -0.2) is 39.6 Å². The van der Waals surface area contributed by atoms with Crippen molar-refractivity contribution in [2.24, 2.45) is 0 Å². The maximum absolute atomic E-state index is 13.4. The molecule has 2 aromatic rings. The summed E-state index contributed by atoms with van der Waals surface area (Å²) < 4.78 is 5.30. The largest absolute Gasteiger partial charge is 0.481 e. The van der Waals surface area contributed by atoms with Crippen molar-refractivity contribution in [2.75, 3.05) is 0 Å². The minimum absolute atomic E-state index is 0.0738. The number of hydrogen-bond donors (Lipinski definition) is 2. The van der Waals surface area contributed by atoms with E-state index in [-0.39, 0.29) is 25.2 Å². The zero-order valence-corrected chi connectivity index (χ0v) is 19.1. The molecule has 0 unspecified atom stereocenters. The van der Waals surface area contributed by atoms with Gasteiger partial charge in [0.2, 0.25) is 5.91 Å². The van der Waals surface area contributed by atoms with Gasteiger partial charge in [-0.25, -0.2) is 4.79 Å². The Balaban J connectivity index is 2.17. The molecule has 2 amide bonds. The average Bonchev–Trinajstić information content (AvgIpc) is 3.32. The normalized spacial score (nSPS) is 12.2. The molecule has 164 valence electrons. The Morgan fingerprint density at radius 2 is 1.67 bits per heavy atom. The second-order valence-electron chi connectivity index (χ2n) is 7.84. The van der Waals surface area contributed by atoms with Crippen molar-refractivity contribution in [3.8, 4) is 0 Å². The third-order valence-corrected chi connectivity index (χ3v) is 5.76. The molecule has 0 aliphatic carbocycles. The van der Waals surface area contributed by atoms with Crippen LogP contribution in [0.2, 0.25) is 0 Å². The van der Waals surface area contributed by atoms with E-state index in [0.29, 0.717) is 13.1 Å². The summed E-state index contributed by atoms with van der Waals surface area (Å²) in [5.74, 6) is -1.19. The molecule has 0 radical (unpaired) electrons. The Kier molecular flexibility index (Phi) is 8.86. The standard InChI is InChI=1S/C21H28N2O5S2/c1-21(2,3)28-20(27)22-17(9-4-10-18(24)25)19(26)23(13-15-7-5-11-29-15)14-16-8-6-12-30-16/h5-8,11-12,17H,4,9-10,13-14H2,1-3H3,(H,22,27)(H,24,25)/t17-/m0/s1. The first-order chi connectivity index (χ1) is 14.1. The van der Waals surface area contributed by atoms with E-state index >= 15 is 0 Å². The number of alkyl carbamates (subject to hydrolysis) is 1. The number of carboxylic acid groups (broad SMARTS) is 1. The van der Waals surface area contributed by atoms with Gasteiger partial charge < -0.3 is 20.1 Å². The zero-order chi connectivity index (χ0) is 22.1. The van der Waals surface area contributed by atoms with Gasteiger partial charge in [0.1, 0.15) is 11.6 Å². The summed E-state index contributed by atoms with van der Waals surface area (Å²) in [4.78, 5) is 40.4. The predicted octanol–water partition coefficient (Wildman–Crippen LogP) is 4.49. The van der Waals surface area contributed by atoms with E-state index in [0.717, 1.165) is 9.75 Å². The molecular formula is C21H28N2O5S2. The summed E-state index contributed by atoms with van der Waals surface area (Å²) in [7, 11) is 0. The number of carbonyl (C=O) groups excluding carboxylic acids is 2. The van der Waals surface area contributed by atoms with Crippen molar-refractivity contribution >= 4 is 40.6 Å². The van der Waals surface area contributed by atoms with Crippen molar-refractivity contribution in [2.45, 2.75) is 64.8 Å². The SMILES string of the molecule is CC(C)(C)OC(=O)N[C@@H](CCCC(=O)O)C(=O)N(Cc1cccs1)Cc1cccs1. The van der Waals surface area contributed by atoms with Crippen molar-refractivity contribution < 1.29 is 24.2 Å². The topological polar surface area (TPSA) is 95.9 Å². The van der Waals surface area contributed by atoms with Gasteiger partial charge in [-0.3, -0.25) is 9.59 Å². The molecule has 0 saturated carbocycles. The second-order valence-corrected chi connectivity index (χ2v) is 9.90. The molecule has 30 heavy (non-hydrogen) atoms. The highest BCUT2D eigenvalue weighted by molar-refractivity contribution is 7.10. The number of thiophene rings is 2. The molecule has 2 heterocycles. The molecular weight excluding hydrogens is 424 g/mol. The van der Waals surface area contributed by atoms with Crippen LogP contribution < -0.4 is 5.32 Å². The molecule has 0 spiro atoms. The molecule has 0 saturated heterocycles. The number of carbonyl (C=O) groups is 3. The van der Waals surface area contributed by atoms with Gasteiger partial charge in [0.05, 0.1) is 13.1 Å². The Hall–Kier alpha value is -2.39. The van der Waals surface area contributed by atoms with Gasteiger partial charge in [-0.05, 0) is 56.5 Å². The van der Waals surface area contributed by atoms with Gasteiger partial charge in [-0.1, -0.05) is 12.1 Å². The monoisotopic (exact) mass is 452 g/mol. The van der Waals surface area contributed by atoms with Crippen LogP contribution >= 0.6 is 22.7 Å². The summed E-state index contributed by atoms with van der Waals surface area (Å²) in [5.41, 5.74) is -0.702. The van der Waals surface area contributed by atoms with Crippen LogP contribution in [0.5, 0.6) is 0 Å². The molecule has 9 heteroatoms. The summed E-state index contributed by atoms with van der Waals surface area (Å²) in [6.45, 7) is 6.06. The number of ether oxygens (including phenoxy) is 1. The lowest BCUT2D eigenvalue weighted by molar-refractivity contribution is -0.138. The van der Waals surface area contributed by atoms with E-state index < -0.39 is 23.7 Å². The van der Waals surface area contributed by atoms with Gasteiger partial charge in [0.15, 0.2) is 0 Å². The number of hydrogen-bond acceptors (Lipinski definition) is 6. The summed E-state index contributed by atoms with van der Waals surface area (Å²) in [5, 5.41) is 15.5. The fourth-order valence-corrected chi connectivity index (χ4v) is 4.22. The summed E-state index contributed by atoms with van der Waals surface area (Å²) in [6, 6.07) is 6.91. The van der Waals surface area contributed by atoms with Gasteiger partial charge in [0, 0.05) is 16.2 Å². The minimum Gasteiger partial charge on any atom is -0.481 e. The Morgan fingerprint density at radius 3 is 2.10 bits per heavy atom. The third kappa shape index (κ3) is 8.54. The third-order valence-electron chi connectivity index (χ3n) is 4.04. The Labute approximate surface area is 184 Å². The molecule has 0 bridgehead atoms. The van der Waals surface area contributed by atoms with Crippen LogP contribution in [0.1, 0.15) is 49.8 Å². The maximum Gasteiger partial charge on any atom is 0.408 e. The summed E-state index contributed by atoms with van der Waals surface area (Å²) >= 11 is 3.11. The molecule has 1 atom stereocenters. The number of amides is 2. The Morgan fingerprint density at radius 1 is 1.10 bits per heavy atom. The van der Waals surface area contributed by atoms with Gasteiger partial charge >= 0.3 is 12.1 Å². The highest BCUT2D eigenvalue weighted by Crippen LogP contribution is 2.19. The molecule has 0 aromatic carbocycles. The molecule has 0 aliphatic rings. The summed E-state index contributed by atoms with van der Waals surface area (Å²) in [6.07, 6.45) is -0.276. The van der Waals surface area contributed by atoms with Gasteiger partial charge in [-0.15, -0.1) is 22.7 Å². The first-order valence-corrected chi connectivity index (χ1v) is 11.4. The minimum atomic E-state index is -0.938. The van der Waals surface area contributed by atoms with Crippen LogP contribution in [0.15, 0.2) is 35.0 Å². The quantitative estimate of drug-likeness (QED) is 0.554. The van der Waals surface area contributed by atoms with Crippen LogP contribution in [-0.2, 0) is 27.4 Å². The first kappa shape index (κ1) is 23.9. The first-order valence-electron chi connectivity index (χ1n) is 9.69. The van der Waals surface area contributed by atoms with Gasteiger partial charge in [0.25, 0.3) is 0 Å². The van der Waals surface area contributed by atoms with E-state index in [1.165, 1.54) is 0 Å². The lowest BCUT2D eigenvalue weighted by atomic mass is 10.1. The van der Waals surface area contributed by atoms with Crippen LogP contribution in [0.3, 0.4) is 0 Å². The average molecular weight is 453 g/mol. The fraction of sp³-hybridized carbons (Fsp3) is 0.476. The van der Waals surface area contributed by atoms with E-state index in [1.54, 1.807) is 48.3 Å². The molecule has 2 aromatic heterocycles. The van der Waals surface area contributed by atoms with Crippen LogP contribution in [0.25, 0.3) is 0 Å². The smallest absolute Gasteiger partial charge is 0.408 e. The predicted molar refractivity (Wildman–Crippen MR) is 118 cm³/mol. The molecule has 0 aliphatic heterocycles. The van der Waals surface area contributed by atoms with Crippen LogP contribution in [0, 0.1) is 0 Å². The molecule has 2 rings (SSSR count). The number of carboxylic acids is 1. The number of nitrogens with one attached hydrogen (secondary N) is 1. The molecule has 2 N–H and O–H groups in total. The van der Waals surface area contributed by atoms with Crippen molar-refractivity contribution in [1.82, 2.24) is 10.2 Å².